The highest BCUT2D eigenvalue weighted by molar-refractivity contribution is 5.42. The van der Waals surface area contributed by atoms with Crippen LogP contribution in [0.5, 0.6) is 5.75 Å². The molecule has 1 nitrogen and oxygen atoms in total. The number of unbranched alkanes of at least 4 members (excludes halogenated alkanes) is 28. The van der Waals surface area contributed by atoms with Gasteiger partial charge in [0.25, 0.3) is 0 Å². The highest BCUT2D eigenvalue weighted by Crippen LogP contribution is 2.28. The molecule has 0 fully saturated rings. The second kappa shape index (κ2) is 32.0. The Kier molecular flexibility index (Phi) is 29.8. The molecule has 1 rings (SSSR count). The van der Waals surface area contributed by atoms with Crippen molar-refractivity contribution < 1.29 is 5.11 Å². The summed E-state index contributed by atoms with van der Waals surface area (Å²) in [5, 5.41) is 11.0. The number of aromatic hydroxyl groups is 1. The molecular weight excluding hydrogens is 532 g/mol. The van der Waals surface area contributed by atoms with Crippen LogP contribution in [0.3, 0.4) is 0 Å². The first kappa shape index (κ1) is 41.0. The van der Waals surface area contributed by atoms with Gasteiger partial charge in [-0.25, -0.2) is 0 Å². The Morgan fingerprint density at radius 3 is 0.818 bits per heavy atom. The summed E-state index contributed by atoms with van der Waals surface area (Å²) in [5.41, 5.74) is 4.20. The quantitative estimate of drug-likeness (QED) is 0.0768. The molecule has 0 amide bonds. The number of phenolic OH excluding ortho intramolecular Hbond substituents is 1. The molecule has 0 radical (unpaired) electrons. The fourth-order valence-corrected chi connectivity index (χ4v) is 6.98. The summed E-state index contributed by atoms with van der Waals surface area (Å²) in [5.74, 6) is 0.573. The Bertz CT molecular complexity index is 722. The standard InChI is InChI=1S/C43H80O/c1-4-7-10-13-15-17-19-21-23-25-27-30-33-36-41-39-43(44)42(38-40(41)35-32-29-12-9-6-3)37-34-31-28-26-24-22-20-18-16-14-11-8-5-2/h38-39,44H,4-37H2,1-3H3. The summed E-state index contributed by atoms with van der Waals surface area (Å²) >= 11 is 0. The van der Waals surface area contributed by atoms with Gasteiger partial charge in [0.1, 0.15) is 5.75 Å². The minimum atomic E-state index is 0.573. The van der Waals surface area contributed by atoms with E-state index in [0.29, 0.717) is 5.75 Å². The van der Waals surface area contributed by atoms with Crippen LogP contribution in [-0.2, 0) is 19.3 Å². The smallest absolute Gasteiger partial charge is 0.119 e. The lowest BCUT2D eigenvalue weighted by Crippen LogP contribution is -1.99. The Labute approximate surface area is 278 Å². The molecule has 0 aliphatic carbocycles. The lowest BCUT2D eigenvalue weighted by molar-refractivity contribution is 0.464. The average molecular weight is 613 g/mol. The zero-order valence-electron chi connectivity index (χ0n) is 30.6. The van der Waals surface area contributed by atoms with E-state index in [1.165, 1.54) is 217 Å². The van der Waals surface area contributed by atoms with Crippen LogP contribution in [0, 0.1) is 0 Å². The van der Waals surface area contributed by atoms with Crippen LogP contribution in [0.2, 0.25) is 0 Å². The molecule has 0 aliphatic rings. The van der Waals surface area contributed by atoms with Gasteiger partial charge in [0.05, 0.1) is 0 Å². The van der Waals surface area contributed by atoms with Gasteiger partial charge in [0, 0.05) is 0 Å². The van der Waals surface area contributed by atoms with Crippen molar-refractivity contribution in [3.05, 3.63) is 28.8 Å². The number of rotatable bonds is 34. The van der Waals surface area contributed by atoms with E-state index in [-0.39, 0.29) is 0 Å². The maximum atomic E-state index is 11.0. The first-order valence-corrected chi connectivity index (χ1v) is 20.6. The lowest BCUT2D eigenvalue weighted by Gasteiger charge is -2.15. The van der Waals surface area contributed by atoms with E-state index in [9.17, 15) is 5.11 Å². The predicted molar refractivity (Wildman–Crippen MR) is 199 cm³/mol. The van der Waals surface area contributed by atoms with Crippen molar-refractivity contribution in [2.45, 2.75) is 239 Å². The van der Waals surface area contributed by atoms with Crippen molar-refractivity contribution in [3.63, 3.8) is 0 Å². The largest absolute Gasteiger partial charge is 0.508 e. The molecule has 44 heavy (non-hydrogen) atoms. The molecule has 0 bridgehead atoms. The molecule has 1 aromatic carbocycles. The Morgan fingerprint density at radius 2 is 0.523 bits per heavy atom. The van der Waals surface area contributed by atoms with Crippen LogP contribution < -0.4 is 0 Å². The Morgan fingerprint density at radius 1 is 0.295 bits per heavy atom. The molecule has 0 saturated heterocycles. The van der Waals surface area contributed by atoms with Gasteiger partial charge < -0.3 is 5.11 Å². The van der Waals surface area contributed by atoms with Gasteiger partial charge in [0.2, 0.25) is 0 Å². The molecule has 0 saturated carbocycles. The van der Waals surface area contributed by atoms with E-state index < -0.39 is 0 Å². The Hall–Kier alpha value is -0.980. The topological polar surface area (TPSA) is 20.2 Å². The van der Waals surface area contributed by atoms with Crippen molar-refractivity contribution in [2.75, 3.05) is 0 Å². The highest BCUT2D eigenvalue weighted by atomic mass is 16.3. The number of phenols is 1. The number of hydrogen-bond donors (Lipinski definition) is 1. The maximum absolute atomic E-state index is 11.0. The van der Waals surface area contributed by atoms with Gasteiger partial charge in [-0.2, -0.15) is 0 Å². The van der Waals surface area contributed by atoms with Crippen molar-refractivity contribution in [1.82, 2.24) is 0 Å². The number of aryl methyl sites for hydroxylation is 3. The second-order valence-electron chi connectivity index (χ2n) is 14.4. The molecular formula is C43H80O. The fraction of sp³-hybridized carbons (Fsp3) is 0.860. The molecule has 0 atom stereocenters. The SMILES string of the molecule is CCCCCCCCCCCCCCCc1cc(CCCCCCC)c(CCCCCCCCCCCCCCC)cc1O. The van der Waals surface area contributed by atoms with Crippen LogP contribution >= 0.6 is 0 Å². The van der Waals surface area contributed by atoms with Gasteiger partial charge >= 0.3 is 0 Å². The summed E-state index contributed by atoms with van der Waals surface area (Å²) in [7, 11) is 0. The van der Waals surface area contributed by atoms with Crippen molar-refractivity contribution in [3.8, 4) is 5.75 Å². The molecule has 0 heterocycles. The summed E-state index contributed by atoms with van der Waals surface area (Å²) < 4.78 is 0. The van der Waals surface area contributed by atoms with E-state index >= 15 is 0 Å². The van der Waals surface area contributed by atoms with Crippen LogP contribution in [0.1, 0.15) is 237 Å². The van der Waals surface area contributed by atoms with E-state index in [1.54, 1.807) is 5.56 Å². The number of benzene rings is 1. The van der Waals surface area contributed by atoms with Crippen molar-refractivity contribution in [1.29, 1.82) is 0 Å². The van der Waals surface area contributed by atoms with Crippen LogP contribution in [-0.4, -0.2) is 5.11 Å². The van der Waals surface area contributed by atoms with E-state index in [4.69, 9.17) is 0 Å². The van der Waals surface area contributed by atoms with Gasteiger partial charge in [0.15, 0.2) is 0 Å². The fourth-order valence-electron chi connectivity index (χ4n) is 6.98. The third-order valence-corrected chi connectivity index (χ3v) is 10.0. The van der Waals surface area contributed by atoms with E-state index in [2.05, 4.69) is 32.9 Å². The summed E-state index contributed by atoms with van der Waals surface area (Å²) in [6, 6.07) is 4.58. The van der Waals surface area contributed by atoms with Gasteiger partial charge in [-0.15, -0.1) is 0 Å². The maximum Gasteiger partial charge on any atom is 0.119 e. The third-order valence-electron chi connectivity index (χ3n) is 10.0. The summed E-state index contributed by atoms with van der Waals surface area (Å²) in [4.78, 5) is 0. The monoisotopic (exact) mass is 613 g/mol. The summed E-state index contributed by atoms with van der Waals surface area (Å²) in [6.07, 6.45) is 46.5. The first-order chi connectivity index (χ1) is 21.7. The van der Waals surface area contributed by atoms with Crippen molar-refractivity contribution >= 4 is 0 Å². The van der Waals surface area contributed by atoms with Gasteiger partial charge in [-0.3, -0.25) is 0 Å². The van der Waals surface area contributed by atoms with Gasteiger partial charge in [-0.1, -0.05) is 207 Å². The molecule has 258 valence electrons. The lowest BCUT2D eigenvalue weighted by atomic mass is 9.92. The van der Waals surface area contributed by atoms with Crippen LogP contribution in [0.4, 0.5) is 0 Å². The predicted octanol–water partition coefficient (Wildman–Crippen LogP) is 15.2. The zero-order chi connectivity index (χ0) is 31.8. The molecule has 1 heteroatoms. The van der Waals surface area contributed by atoms with Crippen LogP contribution in [0.15, 0.2) is 12.1 Å². The number of hydrogen-bond acceptors (Lipinski definition) is 1. The van der Waals surface area contributed by atoms with Crippen molar-refractivity contribution in [2.24, 2.45) is 0 Å². The first-order valence-electron chi connectivity index (χ1n) is 20.6. The van der Waals surface area contributed by atoms with E-state index in [0.717, 1.165) is 12.8 Å². The second-order valence-corrected chi connectivity index (χ2v) is 14.4. The van der Waals surface area contributed by atoms with Gasteiger partial charge in [-0.05, 0) is 61.3 Å². The highest BCUT2D eigenvalue weighted by Gasteiger charge is 2.10. The third kappa shape index (κ3) is 24.3. The molecule has 0 aromatic heterocycles. The van der Waals surface area contributed by atoms with E-state index in [1.807, 2.05) is 0 Å². The Balaban J connectivity index is 2.31. The van der Waals surface area contributed by atoms with Crippen LogP contribution in [0.25, 0.3) is 0 Å². The minimum absolute atomic E-state index is 0.573. The normalized spacial score (nSPS) is 11.5. The average Bonchev–Trinajstić information content (AvgIpc) is 3.03. The summed E-state index contributed by atoms with van der Waals surface area (Å²) in [6.45, 7) is 6.90. The molecule has 0 unspecified atom stereocenters. The molecule has 1 N–H and O–H groups in total. The zero-order valence-corrected chi connectivity index (χ0v) is 30.6. The minimum Gasteiger partial charge on any atom is -0.508 e. The molecule has 0 aliphatic heterocycles. The molecule has 1 aromatic rings. The molecule has 0 spiro atoms.